The zero-order chi connectivity index (χ0) is 15.7. The zero-order valence-electron chi connectivity index (χ0n) is 11.7. The minimum atomic E-state index is -4.97. The van der Waals surface area contributed by atoms with E-state index in [9.17, 15) is 18.0 Å². The molecule has 1 rings (SSSR count). The van der Waals surface area contributed by atoms with Gasteiger partial charge in [-0.1, -0.05) is 20.8 Å². The fourth-order valence-electron chi connectivity index (χ4n) is 1.60. The van der Waals surface area contributed by atoms with E-state index in [1.807, 2.05) is 20.8 Å². The average Bonchev–Trinajstić information content (AvgIpc) is 2.25. The molecule has 0 aliphatic heterocycles. The number of halogens is 3. The van der Waals surface area contributed by atoms with Crippen LogP contribution in [0.5, 0.6) is 5.75 Å². The molecule has 0 aliphatic rings. The van der Waals surface area contributed by atoms with E-state index in [4.69, 9.17) is 10.5 Å². The molecule has 0 radical (unpaired) electrons. The van der Waals surface area contributed by atoms with Crippen molar-refractivity contribution in [3.8, 4) is 5.75 Å². The third-order valence-electron chi connectivity index (χ3n) is 2.69. The van der Waals surface area contributed by atoms with Crippen molar-refractivity contribution < 1.29 is 22.7 Å². The van der Waals surface area contributed by atoms with Crippen LogP contribution in [0.2, 0.25) is 0 Å². The number of nitrogens with two attached hydrogens (primary N) is 1. The van der Waals surface area contributed by atoms with Crippen LogP contribution in [0.3, 0.4) is 0 Å². The first kappa shape index (κ1) is 16.1. The van der Waals surface area contributed by atoms with Crippen molar-refractivity contribution in [2.45, 2.75) is 32.4 Å². The average molecular weight is 290 g/mol. The second-order valence-electron chi connectivity index (χ2n) is 5.35. The molecule has 4 nitrogen and oxygen atoms in total. The van der Waals surface area contributed by atoms with Gasteiger partial charge in [0.05, 0.1) is 18.5 Å². The van der Waals surface area contributed by atoms with Gasteiger partial charge in [0.2, 0.25) is 0 Å². The van der Waals surface area contributed by atoms with Gasteiger partial charge in [0.15, 0.2) is 5.75 Å². The molecule has 0 bridgehead atoms. The number of alkyl halides is 3. The van der Waals surface area contributed by atoms with Gasteiger partial charge in [0, 0.05) is 0 Å². The van der Waals surface area contributed by atoms with Crippen LogP contribution < -0.4 is 15.8 Å². The molecule has 3 N–H and O–H groups in total. The molecule has 0 heterocycles. The molecule has 0 saturated heterocycles. The Balaban J connectivity index is 3.29. The fourth-order valence-corrected chi connectivity index (χ4v) is 1.60. The first-order valence-corrected chi connectivity index (χ1v) is 5.83. The standard InChI is InChI=1S/C13H17F3N2O2/c1-12(2,3)7-5-8(17)10(20-4)9(6-7)18-11(19)13(14,15)16/h5-6H,17H2,1-4H3,(H,18,19). The lowest BCUT2D eigenvalue weighted by Gasteiger charge is -2.22. The monoisotopic (exact) mass is 290 g/mol. The van der Waals surface area contributed by atoms with Crippen LogP contribution in [0.4, 0.5) is 24.5 Å². The highest BCUT2D eigenvalue weighted by Crippen LogP contribution is 2.37. The quantitative estimate of drug-likeness (QED) is 0.823. The first-order valence-electron chi connectivity index (χ1n) is 5.83. The number of carbonyl (C=O) groups is 1. The summed E-state index contributed by atoms with van der Waals surface area (Å²) >= 11 is 0. The number of methoxy groups -OCH3 is 1. The molecule has 1 aromatic rings. The van der Waals surface area contributed by atoms with Crippen LogP contribution in [0.15, 0.2) is 12.1 Å². The van der Waals surface area contributed by atoms with Crippen LogP contribution in [0.25, 0.3) is 0 Å². The number of nitrogen functional groups attached to an aromatic ring is 1. The molecule has 0 atom stereocenters. The Bertz CT molecular complexity index is 520. The Hall–Kier alpha value is -1.92. The second-order valence-corrected chi connectivity index (χ2v) is 5.35. The molecule has 0 saturated carbocycles. The van der Waals surface area contributed by atoms with Crippen molar-refractivity contribution in [2.75, 3.05) is 18.2 Å². The van der Waals surface area contributed by atoms with Gasteiger partial charge in [-0.3, -0.25) is 4.79 Å². The van der Waals surface area contributed by atoms with Gasteiger partial charge in [-0.15, -0.1) is 0 Å². The Labute approximate surface area is 115 Å². The summed E-state index contributed by atoms with van der Waals surface area (Å²) in [6, 6.07) is 3.04. The Morgan fingerprint density at radius 1 is 1.25 bits per heavy atom. The lowest BCUT2D eigenvalue weighted by molar-refractivity contribution is -0.167. The molecular formula is C13H17F3N2O2. The lowest BCUT2D eigenvalue weighted by Crippen LogP contribution is -2.30. The summed E-state index contributed by atoms with van der Waals surface area (Å²) < 4.78 is 41.9. The van der Waals surface area contributed by atoms with Crippen LogP contribution in [0.1, 0.15) is 26.3 Å². The van der Waals surface area contributed by atoms with Crippen molar-refractivity contribution >= 4 is 17.3 Å². The molecule has 0 unspecified atom stereocenters. The smallest absolute Gasteiger partial charge is 0.471 e. The lowest BCUT2D eigenvalue weighted by atomic mass is 9.86. The predicted molar refractivity (Wildman–Crippen MR) is 70.8 cm³/mol. The Morgan fingerprint density at radius 2 is 1.80 bits per heavy atom. The number of ether oxygens (including phenoxy) is 1. The molecule has 0 aliphatic carbocycles. The molecule has 7 heteroatoms. The zero-order valence-corrected chi connectivity index (χ0v) is 11.7. The molecule has 0 aromatic heterocycles. The number of nitrogens with one attached hydrogen (secondary N) is 1. The van der Waals surface area contributed by atoms with Gasteiger partial charge in [-0.25, -0.2) is 0 Å². The number of benzene rings is 1. The van der Waals surface area contributed by atoms with E-state index >= 15 is 0 Å². The van der Waals surface area contributed by atoms with E-state index < -0.39 is 12.1 Å². The van der Waals surface area contributed by atoms with Crippen molar-refractivity contribution in [1.29, 1.82) is 0 Å². The first-order chi connectivity index (χ1) is 8.96. The van der Waals surface area contributed by atoms with Crippen molar-refractivity contribution in [3.63, 3.8) is 0 Å². The topological polar surface area (TPSA) is 64.3 Å². The summed E-state index contributed by atoms with van der Waals surface area (Å²) in [5.41, 5.74) is 6.18. The van der Waals surface area contributed by atoms with Gasteiger partial charge in [0.1, 0.15) is 0 Å². The molecule has 0 spiro atoms. The van der Waals surface area contributed by atoms with E-state index in [1.165, 1.54) is 13.2 Å². The molecular weight excluding hydrogens is 273 g/mol. The van der Waals surface area contributed by atoms with Crippen LogP contribution in [-0.2, 0) is 10.2 Å². The molecule has 112 valence electrons. The third kappa shape index (κ3) is 3.55. The summed E-state index contributed by atoms with van der Waals surface area (Å²) in [7, 11) is 1.27. The van der Waals surface area contributed by atoms with Gasteiger partial charge in [-0.2, -0.15) is 13.2 Å². The molecule has 20 heavy (non-hydrogen) atoms. The molecule has 1 amide bonds. The van der Waals surface area contributed by atoms with Gasteiger partial charge >= 0.3 is 12.1 Å². The number of anilines is 2. The molecule has 0 fully saturated rings. The normalized spacial score (nSPS) is 12.2. The van der Waals surface area contributed by atoms with Gasteiger partial charge < -0.3 is 15.8 Å². The van der Waals surface area contributed by atoms with Crippen LogP contribution >= 0.6 is 0 Å². The molecule has 1 aromatic carbocycles. The summed E-state index contributed by atoms with van der Waals surface area (Å²) in [5.74, 6) is -2.06. The SMILES string of the molecule is COc1c(N)cc(C(C)(C)C)cc1NC(=O)C(F)(F)F. The summed E-state index contributed by atoms with van der Waals surface area (Å²) in [6.07, 6.45) is -4.97. The van der Waals surface area contributed by atoms with Crippen LogP contribution in [0, 0.1) is 0 Å². The number of rotatable bonds is 2. The highest BCUT2D eigenvalue weighted by atomic mass is 19.4. The Kier molecular flexibility index (Phi) is 4.21. The summed E-state index contributed by atoms with van der Waals surface area (Å²) in [4.78, 5) is 11.0. The maximum Gasteiger partial charge on any atom is 0.471 e. The van der Waals surface area contributed by atoms with E-state index in [-0.39, 0.29) is 22.5 Å². The number of hydrogen-bond acceptors (Lipinski definition) is 3. The Morgan fingerprint density at radius 3 is 2.20 bits per heavy atom. The largest absolute Gasteiger partial charge is 0.492 e. The van der Waals surface area contributed by atoms with Crippen molar-refractivity contribution in [3.05, 3.63) is 17.7 Å². The van der Waals surface area contributed by atoms with Crippen molar-refractivity contribution in [2.24, 2.45) is 0 Å². The van der Waals surface area contributed by atoms with Crippen LogP contribution in [-0.4, -0.2) is 19.2 Å². The highest BCUT2D eigenvalue weighted by molar-refractivity contribution is 5.97. The highest BCUT2D eigenvalue weighted by Gasteiger charge is 2.39. The van der Waals surface area contributed by atoms with Gasteiger partial charge in [0.25, 0.3) is 0 Å². The number of hydrogen-bond donors (Lipinski definition) is 2. The summed E-state index contributed by atoms with van der Waals surface area (Å²) in [6.45, 7) is 5.64. The van der Waals surface area contributed by atoms with Crippen molar-refractivity contribution in [1.82, 2.24) is 0 Å². The maximum atomic E-state index is 12.3. The number of amides is 1. The van der Waals surface area contributed by atoms with E-state index in [2.05, 4.69) is 0 Å². The number of carbonyl (C=O) groups excluding carboxylic acids is 1. The predicted octanol–water partition coefficient (Wildman–Crippen LogP) is 3.08. The maximum absolute atomic E-state index is 12.3. The van der Waals surface area contributed by atoms with E-state index in [1.54, 1.807) is 11.4 Å². The summed E-state index contributed by atoms with van der Waals surface area (Å²) in [5, 5.41) is 1.79. The fraction of sp³-hybridized carbons (Fsp3) is 0.462. The van der Waals surface area contributed by atoms with Gasteiger partial charge in [-0.05, 0) is 23.1 Å². The third-order valence-corrected chi connectivity index (χ3v) is 2.69. The van der Waals surface area contributed by atoms with E-state index in [0.717, 1.165) is 0 Å². The minimum Gasteiger partial charge on any atom is -0.492 e. The second kappa shape index (κ2) is 5.22. The van der Waals surface area contributed by atoms with E-state index in [0.29, 0.717) is 5.56 Å². The minimum absolute atomic E-state index is 0.00981.